The Morgan fingerprint density at radius 2 is 1.97 bits per heavy atom. The van der Waals surface area contributed by atoms with Gasteiger partial charge in [-0.15, -0.1) is 11.3 Å². The number of amides is 1. The van der Waals surface area contributed by atoms with E-state index in [-0.39, 0.29) is 13.0 Å². The van der Waals surface area contributed by atoms with Gasteiger partial charge in [-0.2, -0.15) is 18.3 Å². The molecule has 33 heavy (non-hydrogen) atoms. The van der Waals surface area contributed by atoms with Crippen molar-refractivity contribution in [2.24, 2.45) is 5.73 Å². The molecule has 3 N–H and O–H groups in total. The Morgan fingerprint density at radius 1 is 1.21 bits per heavy atom. The molecule has 0 bridgehead atoms. The van der Waals surface area contributed by atoms with Crippen LogP contribution in [0.25, 0.3) is 27.8 Å². The van der Waals surface area contributed by atoms with Crippen molar-refractivity contribution in [3.8, 4) is 28.0 Å². The maximum absolute atomic E-state index is 12.5. The van der Waals surface area contributed by atoms with E-state index in [1.807, 2.05) is 42.6 Å². The molecule has 1 unspecified atom stereocenters. The second kappa shape index (κ2) is 9.24. The molecule has 1 amide bonds. The SMILES string of the molecule is COc1cc(-c2ccccc2)cn2ncc(-c3csc(C(=O)NCCC(N)C(F)(F)F)c3)c12. The molecule has 0 saturated heterocycles. The Hall–Kier alpha value is -3.37. The van der Waals surface area contributed by atoms with Gasteiger partial charge in [-0.3, -0.25) is 4.79 Å². The van der Waals surface area contributed by atoms with E-state index in [9.17, 15) is 18.0 Å². The van der Waals surface area contributed by atoms with Crippen molar-refractivity contribution in [2.75, 3.05) is 13.7 Å². The molecule has 0 radical (unpaired) electrons. The van der Waals surface area contributed by atoms with Crippen LogP contribution in [-0.4, -0.2) is 41.4 Å². The quantitative estimate of drug-likeness (QED) is 0.405. The number of nitrogens with zero attached hydrogens (tertiary/aromatic N) is 2. The van der Waals surface area contributed by atoms with Crippen LogP contribution in [0, 0.1) is 0 Å². The van der Waals surface area contributed by atoms with Gasteiger partial charge in [0.25, 0.3) is 5.91 Å². The van der Waals surface area contributed by atoms with E-state index in [1.165, 1.54) is 11.3 Å². The lowest BCUT2D eigenvalue weighted by Crippen LogP contribution is -2.40. The molecular weight excluding hydrogens is 453 g/mol. The maximum atomic E-state index is 12.5. The van der Waals surface area contributed by atoms with Crippen molar-refractivity contribution < 1.29 is 22.7 Å². The average Bonchev–Trinajstić information content (AvgIpc) is 3.45. The number of hydrogen-bond donors (Lipinski definition) is 2. The number of rotatable bonds is 7. The van der Waals surface area contributed by atoms with Crippen LogP contribution in [0.15, 0.2) is 60.2 Å². The lowest BCUT2D eigenvalue weighted by Gasteiger charge is -2.15. The summed E-state index contributed by atoms with van der Waals surface area (Å²) in [4.78, 5) is 12.8. The maximum Gasteiger partial charge on any atom is 0.403 e. The first kappa shape index (κ1) is 22.8. The van der Waals surface area contributed by atoms with Gasteiger partial charge in [0, 0.05) is 23.9 Å². The molecule has 10 heteroatoms. The van der Waals surface area contributed by atoms with Crippen molar-refractivity contribution >= 4 is 22.8 Å². The molecule has 0 aliphatic heterocycles. The molecule has 3 heterocycles. The van der Waals surface area contributed by atoms with Crippen molar-refractivity contribution in [1.29, 1.82) is 0 Å². The Labute approximate surface area is 191 Å². The zero-order chi connectivity index (χ0) is 23.6. The Bertz CT molecular complexity index is 1270. The van der Waals surface area contributed by atoms with Crippen LogP contribution >= 0.6 is 11.3 Å². The van der Waals surface area contributed by atoms with E-state index < -0.39 is 18.1 Å². The number of pyridine rings is 1. The van der Waals surface area contributed by atoms with E-state index in [1.54, 1.807) is 29.3 Å². The normalized spacial score (nSPS) is 12.6. The molecule has 6 nitrogen and oxygen atoms in total. The summed E-state index contributed by atoms with van der Waals surface area (Å²) in [7, 11) is 1.58. The van der Waals surface area contributed by atoms with Gasteiger partial charge in [0.15, 0.2) is 0 Å². The van der Waals surface area contributed by atoms with Crippen molar-refractivity contribution in [2.45, 2.75) is 18.6 Å². The number of carbonyl (C=O) groups excluding carboxylic acids is 1. The summed E-state index contributed by atoms with van der Waals surface area (Å²) in [6.07, 6.45) is -1.27. The molecule has 1 aromatic carbocycles. The largest absolute Gasteiger partial charge is 0.494 e. The topological polar surface area (TPSA) is 81.7 Å². The second-order valence-corrected chi connectivity index (χ2v) is 8.32. The summed E-state index contributed by atoms with van der Waals surface area (Å²) in [5, 5.41) is 8.75. The highest BCUT2D eigenvalue weighted by Gasteiger charge is 2.36. The smallest absolute Gasteiger partial charge is 0.403 e. The zero-order valence-electron chi connectivity index (χ0n) is 17.6. The van der Waals surface area contributed by atoms with Crippen LogP contribution < -0.4 is 15.8 Å². The van der Waals surface area contributed by atoms with E-state index in [2.05, 4.69) is 10.4 Å². The van der Waals surface area contributed by atoms with Crippen molar-refractivity contribution in [1.82, 2.24) is 14.9 Å². The number of halogens is 3. The number of ether oxygens (including phenoxy) is 1. The number of alkyl halides is 3. The summed E-state index contributed by atoms with van der Waals surface area (Å²) in [5.41, 5.74) is 9.33. The van der Waals surface area contributed by atoms with Gasteiger partial charge in [0.05, 0.1) is 18.2 Å². The summed E-state index contributed by atoms with van der Waals surface area (Å²) < 4.78 is 44.9. The highest BCUT2D eigenvalue weighted by atomic mass is 32.1. The number of fused-ring (bicyclic) bond motifs is 1. The van der Waals surface area contributed by atoms with E-state index in [4.69, 9.17) is 10.5 Å². The molecule has 0 aliphatic rings. The number of carbonyl (C=O) groups is 1. The fourth-order valence-corrected chi connectivity index (χ4v) is 4.25. The van der Waals surface area contributed by atoms with Crippen LogP contribution in [0.1, 0.15) is 16.1 Å². The van der Waals surface area contributed by atoms with Gasteiger partial charge in [-0.25, -0.2) is 4.52 Å². The lowest BCUT2D eigenvalue weighted by atomic mass is 10.1. The number of methoxy groups -OCH3 is 1. The lowest BCUT2D eigenvalue weighted by molar-refractivity contribution is -0.148. The minimum atomic E-state index is -4.48. The highest BCUT2D eigenvalue weighted by Crippen LogP contribution is 2.36. The second-order valence-electron chi connectivity index (χ2n) is 7.41. The van der Waals surface area contributed by atoms with Gasteiger partial charge in [0.2, 0.25) is 0 Å². The molecule has 0 spiro atoms. The number of thiophene rings is 1. The molecule has 3 aromatic heterocycles. The first-order valence-electron chi connectivity index (χ1n) is 10.1. The predicted molar refractivity (Wildman–Crippen MR) is 121 cm³/mol. The average molecular weight is 475 g/mol. The molecule has 0 saturated carbocycles. The van der Waals surface area contributed by atoms with Gasteiger partial charge >= 0.3 is 6.18 Å². The van der Waals surface area contributed by atoms with Gasteiger partial charge < -0.3 is 15.8 Å². The van der Waals surface area contributed by atoms with Crippen LogP contribution in [0.5, 0.6) is 5.75 Å². The van der Waals surface area contributed by atoms with Crippen LogP contribution in [0.2, 0.25) is 0 Å². The standard InChI is InChI=1S/C23H21F3N4O2S/c1-32-18-9-15(14-5-3-2-4-6-14)12-30-21(18)17(11-29-30)16-10-19(33-13-16)22(31)28-8-7-20(27)23(24,25)26/h2-6,9-13,20H,7-8,27H2,1H3,(H,28,31). The van der Waals surface area contributed by atoms with Crippen molar-refractivity contribution in [3.05, 3.63) is 65.1 Å². The molecule has 1 atom stereocenters. The fourth-order valence-electron chi connectivity index (χ4n) is 3.43. The molecule has 0 aliphatic carbocycles. The minimum Gasteiger partial charge on any atom is -0.494 e. The molecular formula is C23H21F3N4O2S. The van der Waals surface area contributed by atoms with Gasteiger partial charge in [-0.05, 0) is 35.1 Å². The van der Waals surface area contributed by atoms with E-state index in [0.717, 1.165) is 27.8 Å². The third-order valence-corrected chi connectivity index (χ3v) is 6.13. The summed E-state index contributed by atoms with van der Waals surface area (Å²) in [6, 6.07) is 11.5. The third-order valence-electron chi connectivity index (χ3n) is 5.20. The van der Waals surface area contributed by atoms with Gasteiger partial charge in [0.1, 0.15) is 17.3 Å². The first-order valence-corrected chi connectivity index (χ1v) is 11.0. The van der Waals surface area contributed by atoms with Gasteiger partial charge in [-0.1, -0.05) is 30.3 Å². The zero-order valence-corrected chi connectivity index (χ0v) is 18.4. The number of benzene rings is 1. The minimum absolute atomic E-state index is 0.167. The van der Waals surface area contributed by atoms with Crippen LogP contribution in [0.3, 0.4) is 0 Å². The summed E-state index contributed by atoms with van der Waals surface area (Å²) in [6.45, 7) is -0.167. The van der Waals surface area contributed by atoms with Crippen LogP contribution in [-0.2, 0) is 0 Å². The molecule has 172 valence electrons. The Balaban J connectivity index is 1.56. The highest BCUT2D eigenvalue weighted by molar-refractivity contribution is 7.12. The molecule has 4 aromatic rings. The number of nitrogens with one attached hydrogen (secondary N) is 1. The van der Waals surface area contributed by atoms with Crippen LogP contribution in [0.4, 0.5) is 13.2 Å². The summed E-state index contributed by atoms with van der Waals surface area (Å²) in [5.74, 6) is 0.178. The predicted octanol–water partition coefficient (Wildman–Crippen LogP) is 4.75. The number of aromatic nitrogens is 2. The first-order chi connectivity index (χ1) is 15.8. The monoisotopic (exact) mass is 474 g/mol. The third kappa shape index (κ3) is 4.86. The number of hydrogen-bond acceptors (Lipinski definition) is 5. The fraction of sp³-hybridized carbons (Fsp3) is 0.217. The van der Waals surface area contributed by atoms with E-state index >= 15 is 0 Å². The summed E-state index contributed by atoms with van der Waals surface area (Å²) >= 11 is 1.20. The number of nitrogens with two attached hydrogens (primary N) is 1. The Morgan fingerprint density at radius 3 is 2.67 bits per heavy atom. The molecule has 4 rings (SSSR count). The Kier molecular flexibility index (Phi) is 6.39. The van der Waals surface area contributed by atoms with Crippen molar-refractivity contribution in [3.63, 3.8) is 0 Å². The van der Waals surface area contributed by atoms with E-state index in [0.29, 0.717) is 10.6 Å². The molecule has 0 fully saturated rings.